The SMILES string of the molecule is CC1=Cc2c(-c3ccccc3)cc(C)c(C)c2[CH]1[Zr]([CH]1C(C(C)C)=Cc2c(-c3ccccc3)cccc21)[SiH](C)C. The van der Waals surface area contributed by atoms with E-state index in [2.05, 4.69) is 145 Å². The summed E-state index contributed by atoms with van der Waals surface area (Å²) in [6, 6.07) is 31.7. The summed E-state index contributed by atoms with van der Waals surface area (Å²) in [6.45, 7) is 17.4. The fourth-order valence-electron chi connectivity index (χ4n) is 7.31. The number of hydrogen-bond donors (Lipinski definition) is 0. The van der Waals surface area contributed by atoms with Crippen LogP contribution in [-0.4, -0.2) is 5.92 Å². The van der Waals surface area contributed by atoms with Gasteiger partial charge in [-0.05, 0) is 0 Å². The molecule has 6 rings (SSSR count). The number of hydrogen-bond acceptors (Lipinski definition) is 0. The first kappa shape index (κ1) is 27.6. The number of fused-ring (bicyclic) bond motifs is 2. The van der Waals surface area contributed by atoms with Crippen LogP contribution in [0.15, 0.2) is 96.1 Å². The van der Waals surface area contributed by atoms with Gasteiger partial charge in [0, 0.05) is 0 Å². The number of allylic oxidation sites excluding steroid dienone is 2. The average molecular weight is 617 g/mol. The van der Waals surface area contributed by atoms with E-state index in [0.29, 0.717) is 13.2 Å². The third-order valence-corrected chi connectivity index (χ3v) is 31.1. The molecule has 2 aliphatic carbocycles. The van der Waals surface area contributed by atoms with Crippen molar-refractivity contribution in [3.63, 3.8) is 0 Å². The molecule has 0 bridgehead atoms. The zero-order valence-corrected chi connectivity index (χ0v) is 28.7. The summed E-state index contributed by atoms with van der Waals surface area (Å²) < 4.78 is 1.32. The van der Waals surface area contributed by atoms with E-state index < -0.39 is 26.8 Å². The van der Waals surface area contributed by atoms with E-state index in [1.54, 1.807) is 22.3 Å². The van der Waals surface area contributed by atoms with Crippen LogP contribution >= 0.6 is 0 Å². The summed E-state index contributed by atoms with van der Waals surface area (Å²) in [5.74, 6) is -0.365. The molecule has 0 spiro atoms. The molecule has 2 atom stereocenters. The standard InChI is InChI=1S/2C18H17.C2H7Si.Zr/c1-12-9-16-14(3)13(2)11-17(18(16)10-12)15-7-5-4-6-8-15;1-13(2)16-11-15-9-6-10-17(18(15)12-16)14-7-4-3-5-8-14;1-3-2;/h4-11H,1-3H3;3-13H,1-2H3;3H,1-2H3;. The first-order valence-corrected chi connectivity index (χ1v) is 24.9. The van der Waals surface area contributed by atoms with E-state index in [1.807, 2.05) is 0 Å². The molecule has 0 fully saturated rings. The van der Waals surface area contributed by atoms with Crippen LogP contribution in [0.5, 0.6) is 0 Å². The monoisotopic (exact) mass is 615 g/mol. The molecule has 0 heterocycles. The van der Waals surface area contributed by atoms with Gasteiger partial charge in [0.2, 0.25) is 0 Å². The van der Waals surface area contributed by atoms with Crippen molar-refractivity contribution in [2.24, 2.45) is 5.92 Å². The fourth-order valence-corrected chi connectivity index (χ4v) is 30.7. The van der Waals surface area contributed by atoms with E-state index in [1.165, 1.54) is 44.5 Å². The first-order chi connectivity index (χ1) is 19.3. The van der Waals surface area contributed by atoms with Gasteiger partial charge in [0.05, 0.1) is 0 Å². The summed E-state index contributed by atoms with van der Waals surface area (Å²) in [5, 5.41) is 0. The molecule has 2 heteroatoms. The van der Waals surface area contributed by atoms with Crippen LogP contribution < -0.4 is 0 Å². The topological polar surface area (TPSA) is 0 Å². The van der Waals surface area contributed by atoms with E-state index in [9.17, 15) is 0 Å². The van der Waals surface area contributed by atoms with Gasteiger partial charge in [0.1, 0.15) is 0 Å². The molecule has 0 saturated carbocycles. The van der Waals surface area contributed by atoms with Crippen molar-refractivity contribution >= 4 is 18.1 Å². The Morgan fingerprint density at radius 3 is 1.90 bits per heavy atom. The Morgan fingerprint density at radius 1 is 0.675 bits per heavy atom. The summed E-state index contributed by atoms with van der Waals surface area (Å²) in [4.78, 5) is 0. The van der Waals surface area contributed by atoms with Gasteiger partial charge in [0.25, 0.3) is 0 Å². The fraction of sp³-hybridized carbons (Fsp3) is 0.263. The van der Waals surface area contributed by atoms with Crippen LogP contribution in [0.4, 0.5) is 0 Å². The second-order valence-corrected chi connectivity index (χ2v) is 32.5. The zero-order valence-electron chi connectivity index (χ0n) is 25.0. The van der Waals surface area contributed by atoms with Crippen molar-refractivity contribution in [3.8, 4) is 22.3 Å². The molecule has 0 saturated heterocycles. The van der Waals surface area contributed by atoms with E-state index >= 15 is 0 Å². The van der Waals surface area contributed by atoms with Gasteiger partial charge >= 0.3 is 252 Å². The maximum absolute atomic E-state index is 2.68. The predicted molar refractivity (Wildman–Crippen MR) is 174 cm³/mol. The minimum atomic E-state index is -2.14. The normalized spacial score (nSPS) is 17.6. The van der Waals surface area contributed by atoms with Crippen LogP contribution in [0, 0.1) is 19.8 Å². The summed E-state index contributed by atoms with van der Waals surface area (Å²) in [6.07, 6.45) is 5.21. The van der Waals surface area contributed by atoms with Crippen molar-refractivity contribution < 1.29 is 20.9 Å². The van der Waals surface area contributed by atoms with Gasteiger partial charge in [-0.2, -0.15) is 0 Å². The van der Waals surface area contributed by atoms with Crippen molar-refractivity contribution in [1.82, 2.24) is 0 Å². The van der Waals surface area contributed by atoms with Gasteiger partial charge in [-0.1, -0.05) is 0 Å². The van der Waals surface area contributed by atoms with Crippen LogP contribution in [0.1, 0.15) is 61.4 Å². The van der Waals surface area contributed by atoms with Crippen molar-refractivity contribution in [2.75, 3.05) is 0 Å². The second kappa shape index (κ2) is 11.0. The van der Waals surface area contributed by atoms with Crippen LogP contribution in [0.25, 0.3) is 34.4 Å². The van der Waals surface area contributed by atoms with Gasteiger partial charge < -0.3 is 0 Å². The van der Waals surface area contributed by atoms with E-state index in [4.69, 9.17) is 0 Å². The molecule has 2 aliphatic rings. The molecule has 4 aromatic carbocycles. The molecule has 201 valence electrons. The Labute approximate surface area is 250 Å². The summed E-state index contributed by atoms with van der Waals surface area (Å²) in [7, 11) is 0. The Balaban J connectivity index is 1.55. The van der Waals surface area contributed by atoms with Crippen LogP contribution in [0.2, 0.25) is 13.1 Å². The second-order valence-electron chi connectivity index (χ2n) is 12.4. The van der Waals surface area contributed by atoms with Crippen LogP contribution in [0.3, 0.4) is 0 Å². The van der Waals surface area contributed by atoms with Gasteiger partial charge in [-0.15, -0.1) is 0 Å². The Kier molecular flexibility index (Phi) is 7.62. The molecule has 2 unspecified atom stereocenters. The molecule has 0 nitrogen and oxygen atoms in total. The molecular formula is C38H41SiZr. The van der Waals surface area contributed by atoms with Gasteiger partial charge in [-0.3, -0.25) is 0 Å². The number of aryl methyl sites for hydroxylation is 1. The molecule has 0 N–H and O–H groups in total. The molecule has 0 radical (unpaired) electrons. The van der Waals surface area contributed by atoms with E-state index in [-0.39, 0.29) is 0 Å². The molecule has 40 heavy (non-hydrogen) atoms. The molecule has 0 aromatic heterocycles. The molecular weight excluding hydrogens is 576 g/mol. The zero-order chi connectivity index (χ0) is 28.1. The Morgan fingerprint density at radius 2 is 1.30 bits per heavy atom. The first-order valence-electron chi connectivity index (χ1n) is 14.9. The molecule has 4 aromatic rings. The number of benzene rings is 4. The quantitative estimate of drug-likeness (QED) is 0.189. The Hall–Kier alpha value is -2.54. The van der Waals surface area contributed by atoms with E-state index in [0.717, 1.165) is 0 Å². The van der Waals surface area contributed by atoms with Gasteiger partial charge in [0.15, 0.2) is 0 Å². The van der Waals surface area contributed by atoms with Crippen LogP contribution in [-0.2, 0) is 20.9 Å². The van der Waals surface area contributed by atoms with Crippen molar-refractivity contribution in [1.29, 1.82) is 0 Å². The third-order valence-electron chi connectivity index (χ3n) is 9.32. The maximum atomic E-state index is 2.68. The number of rotatable bonds is 6. The third kappa shape index (κ3) is 4.62. The van der Waals surface area contributed by atoms with Crippen molar-refractivity contribution in [2.45, 2.75) is 55.0 Å². The van der Waals surface area contributed by atoms with Gasteiger partial charge in [-0.25, -0.2) is 0 Å². The predicted octanol–water partition coefficient (Wildman–Crippen LogP) is 10.5. The Bertz CT molecular complexity index is 1630. The minimum absolute atomic E-state index is 0.563. The summed E-state index contributed by atoms with van der Waals surface area (Å²) in [5.41, 5.74) is 18.2. The molecule has 0 amide bonds. The summed E-state index contributed by atoms with van der Waals surface area (Å²) >= 11 is -2.14. The molecule has 0 aliphatic heterocycles. The average Bonchev–Trinajstić information content (AvgIpc) is 3.50. The van der Waals surface area contributed by atoms with Crippen molar-refractivity contribution in [3.05, 3.63) is 129 Å².